The smallest absolute Gasteiger partial charge is 0.234 e. The van der Waals surface area contributed by atoms with Crippen molar-refractivity contribution in [2.75, 3.05) is 27.8 Å². The lowest BCUT2D eigenvalue weighted by atomic mass is 10.1. The van der Waals surface area contributed by atoms with E-state index >= 15 is 0 Å². The Hall–Kier alpha value is -1.57. The molecule has 1 aromatic heterocycles. The SMILES string of the molecule is COc1ccc(OC)c([C@H](C)NC(=O)CN(C)Cc2csc(Br)c2)c1. The number of ether oxygens (including phenoxy) is 2. The molecule has 7 heteroatoms. The van der Waals surface area contributed by atoms with Crippen molar-refractivity contribution < 1.29 is 14.3 Å². The van der Waals surface area contributed by atoms with E-state index in [1.54, 1.807) is 25.6 Å². The highest BCUT2D eigenvalue weighted by molar-refractivity contribution is 9.11. The molecule has 0 unspecified atom stereocenters. The third-order valence-electron chi connectivity index (χ3n) is 3.77. The van der Waals surface area contributed by atoms with E-state index in [9.17, 15) is 4.79 Å². The van der Waals surface area contributed by atoms with Gasteiger partial charge in [-0.2, -0.15) is 0 Å². The van der Waals surface area contributed by atoms with Crippen molar-refractivity contribution >= 4 is 33.2 Å². The molecule has 0 aliphatic rings. The Morgan fingerprint density at radius 3 is 2.68 bits per heavy atom. The Balaban J connectivity index is 1.95. The molecule has 0 saturated heterocycles. The number of thiophene rings is 1. The van der Waals surface area contributed by atoms with Crippen LogP contribution in [0.1, 0.15) is 24.1 Å². The molecule has 5 nitrogen and oxygen atoms in total. The fourth-order valence-corrected chi connectivity index (χ4v) is 3.78. The Bertz CT molecular complexity index is 720. The average molecular weight is 427 g/mol. The van der Waals surface area contributed by atoms with Gasteiger partial charge in [-0.05, 0) is 65.1 Å². The first-order chi connectivity index (χ1) is 11.9. The minimum Gasteiger partial charge on any atom is -0.497 e. The van der Waals surface area contributed by atoms with E-state index < -0.39 is 0 Å². The van der Waals surface area contributed by atoms with Gasteiger partial charge in [-0.15, -0.1) is 11.3 Å². The van der Waals surface area contributed by atoms with Crippen LogP contribution in [0.2, 0.25) is 0 Å². The lowest BCUT2D eigenvalue weighted by Crippen LogP contribution is -2.36. The van der Waals surface area contributed by atoms with Crippen LogP contribution < -0.4 is 14.8 Å². The van der Waals surface area contributed by atoms with Crippen molar-refractivity contribution in [2.45, 2.75) is 19.5 Å². The number of nitrogens with zero attached hydrogens (tertiary/aromatic N) is 1. The Morgan fingerprint density at radius 2 is 2.08 bits per heavy atom. The number of hydrogen-bond donors (Lipinski definition) is 1. The summed E-state index contributed by atoms with van der Waals surface area (Å²) in [6.45, 7) is 2.99. The van der Waals surface area contributed by atoms with Gasteiger partial charge in [0.15, 0.2) is 0 Å². The summed E-state index contributed by atoms with van der Waals surface area (Å²) in [5, 5.41) is 5.11. The predicted octanol–water partition coefficient (Wildman–Crippen LogP) is 3.84. The largest absolute Gasteiger partial charge is 0.497 e. The van der Waals surface area contributed by atoms with E-state index in [-0.39, 0.29) is 11.9 Å². The zero-order chi connectivity index (χ0) is 18.4. The summed E-state index contributed by atoms with van der Waals surface area (Å²) >= 11 is 5.10. The Morgan fingerprint density at radius 1 is 1.32 bits per heavy atom. The summed E-state index contributed by atoms with van der Waals surface area (Å²) in [7, 11) is 5.17. The third kappa shape index (κ3) is 5.73. The predicted molar refractivity (Wildman–Crippen MR) is 104 cm³/mol. The van der Waals surface area contributed by atoms with Crippen molar-refractivity contribution in [3.05, 3.63) is 44.6 Å². The van der Waals surface area contributed by atoms with E-state index in [4.69, 9.17) is 9.47 Å². The molecule has 0 fully saturated rings. The van der Waals surface area contributed by atoms with Gasteiger partial charge in [0.05, 0.1) is 30.6 Å². The summed E-state index contributed by atoms with van der Waals surface area (Å²) < 4.78 is 11.7. The van der Waals surface area contributed by atoms with Crippen LogP contribution in [-0.4, -0.2) is 38.6 Å². The van der Waals surface area contributed by atoms with Crippen molar-refractivity contribution in [3.8, 4) is 11.5 Å². The van der Waals surface area contributed by atoms with Crippen molar-refractivity contribution in [1.82, 2.24) is 10.2 Å². The summed E-state index contributed by atoms with van der Waals surface area (Å²) in [6.07, 6.45) is 0. The molecule has 0 bridgehead atoms. The molecule has 0 aliphatic heterocycles. The minimum absolute atomic E-state index is 0.0332. The summed E-state index contributed by atoms with van der Waals surface area (Å²) in [5.41, 5.74) is 2.08. The van der Waals surface area contributed by atoms with Gasteiger partial charge < -0.3 is 14.8 Å². The molecule has 136 valence electrons. The average Bonchev–Trinajstić information content (AvgIpc) is 2.98. The van der Waals surface area contributed by atoms with Crippen LogP contribution in [-0.2, 0) is 11.3 Å². The number of methoxy groups -OCH3 is 2. The van der Waals surface area contributed by atoms with Gasteiger partial charge in [-0.25, -0.2) is 0 Å². The van der Waals surface area contributed by atoms with Gasteiger partial charge in [-0.1, -0.05) is 0 Å². The number of rotatable bonds is 8. The zero-order valence-corrected chi connectivity index (χ0v) is 17.2. The van der Waals surface area contributed by atoms with Gasteiger partial charge in [0, 0.05) is 12.1 Å². The van der Waals surface area contributed by atoms with Crippen LogP contribution in [0.5, 0.6) is 11.5 Å². The lowest BCUT2D eigenvalue weighted by Gasteiger charge is -2.20. The summed E-state index contributed by atoms with van der Waals surface area (Å²) in [6, 6.07) is 7.46. The molecule has 1 amide bonds. The van der Waals surface area contributed by atoms with Crippen LogP contribution in [0.3, 0.4) is 0 Å². The monoisotopic (exact) mass is 426 g/mol. The van der Waals surface area contributed by atoms with Gasteiger partial charge >= 0.3 is 0 Å². The summed E-state index contributed by atoms with van der Waals surface area (Å²) in [5.74, 6) is 1.43. The molecule has 1 atom stereocenters. The molecule has 1 aromatic carbocycles. The van der Waals surface area contributed by atoms with Gasteiger partial charge in [0.1, 0.15) is 11.5 Å². The van der Waals surface area contributed by atoms with Gasteiger partial charge in [0.25, 0.3) is 0 Å². The first-order valence-corrected chi connectivity index (χ1v) is 9.53. The second-order valence-electron chi connectivity index (χ2n) is 5.83. The van der Waals surface area contributed by atoms with Crippen molar-refractivity contribution in [2.24, 2.45) is 0 Å². The van der Waals surface area contributed by atoms with Gasteiger partial charge in [0.2, 0.25) is 5.91 Å². The quantitative estimate of drug-likeness (QED) is 0.696. The molecule has 0 radical (unpaired) electrons. The molecule has 0 saturated carbocycles. The number of nitrogens with one attached hydrogen (secondary N) is 1. The molecule has 0 aliphatic carbocycles. The van der Waals surface area contributed by atoms with Crippen LogP contribution >= 0.6 is 27.3 Å². The normalized spacial score (nSPS) is 12.1. The number of carbonyl (C=O) groups excluding carboxylic acids is 1. The van der Waals surface area contributed by atoms with E-state index in [1.165, 1.54) is 5.56 Å². The van der Waals surface area contributed by atoms with Crippen molar-refractivity contribution in [1.29, 1.82) is 0 Å². The third-order valence-corrected chi connectivity index (χ3v) is 5.32. The Labute approximate surface area is 161 Å². The standard InChI is InChI=1S/C18H23BrN2O3S/c1-12(15-8-14(23-3)5-6-16(15)24-4)20-18(22)10-21(2)9-13-7-17(19)25-11-13/h5-8,11-12H,9-10H2,1-4H3,(H,20,22)/t12-/m0/s1. The first kappa shape index (κ1) is 19.8. The topological polar surface area (TPSA) is 50.8 Å². The number of hydrogen-bond acceptors (Lipinski definition) is 5. The molecule has 1 N–H and O–H groups in total. The molecule has 0 spiro atoms. The van der Waals surface area contributed by atoms with Crippen LogP contribution in [0.25, 0.3) is 0 Å². The maximum Gasteiger partial charge on any atom is 0.234 e. The van der Waals surface area contributed by atoms with Crippen LogP contribution in [0.4, 0.5) is 0 Å². The molecule has 2 rings (SSSR count). The highest BCUT2D eigenvalue weighted by Gasteiger charge is 2.16. The summed E-state index contributed by atoms with van der Waals surface area (Å²) in [4.78, 5) is 14.3. The molecule has 1 heterocycles. The fourth-order valence-electron chi connectivity index (χ4n) is 2.58. The molecular weight excluding hydrogens is 404 g/mol. The molecule has 25 heavy (non-hydrogen) atoms. The van der Waals surface area contributed by atoms with Crippen LogP contribution in [0, 0.1) is 0 Å². The van der Waals surface area contributed by atoms with Crippen molar-refractivity contribution in [3.63, 3.8) is 0 Å². The van der Waals surface area contributed by atoms with E-state index in [0.29, 0.717) is 6.54 Å². The highest BCUT2D eigenvalue weighted by Crippen LogP contribution is 2.29. The van der Waals surface area contributed by atoms with Crippen LogP contribution in [0.15, 0.2) is 33.4 Å². The first-order valence-electron chi connectivity index (χ1n) is 7.85. The number of amides is 1. The number of carbonyl (C=O) groups is 1. The molecule has 2 aromatic rings. The second-order valence-corrected chi connectivity index (χ2v) is 8.12. The van der Waals surface area contributed by atoms with E-state index in [2.05, 4.69) is 32.7 Å². The van der Waals surface area contributed by atoms with E-state index in [0.717, 1.165) is 27.4 Å². The zero-order valence-electron chi connectivity index (χ0n) is 14.8. The molecular formula is C18H23BrN2O3S. The number of likely N-dealkylation sites (N-methyl/N-ethyl adjacent to an activating group) is 1. The highest BCUT2D eigenvalue weighted by atomic mass is 79.9. The number of benzene rings is 1. The van der Waals surface area contributed by atoms with Gasteiger partial charge in [-0.3, -0.25) is 9.69 Å². The lowest BCUT2D eigenvalue weighted by molar-refractivity contribution is -0.122. The van der Waals surface area contributed by atoms with E-state index in [1.807, 2.05) is 37.1 Å². The maximum absolute atomic E-state index is 12.4. The second kappa shape index (κ2) is 9.22. The fraction of sp³-hybridized carbons (Fsp3) is 0.389. The number of halogens is 1. The maximum atomic E-state index is 12.4. The minimum atomic E-state index is -0.179. The Kier molecular flexibility index (Phi) is 7.28.